The summed E-state index contributed by atoms with van der Waals surface area (Å²) >= 11 is 0. The molecular formula is C27H32N4O2. The third-order valence-corrected chi connectivity index (χ3v) is 7.26. The van der Waals surface area contributed by atoms with E-state index in [0.29, 0.717) is 29.4 Å². The Kier molecular flexibility index (Phi) is 5.94. The molecule has 2 aliphatic rings. The van der Waals surface area contributed by atoms with Crippen LogP contribution in [0.15, 0.2) is 48.5 Å². The number of phenols is 1. The number of piperidine rings is 2. The standard InChI is InChI=1S/C27H32N4O2/c1-17-7-8-19(14-26(17)33-3)18-9-10-23(25(32)13-18)24-11-12-27(30-29-24)31(2)22-15-20-5-4-6-21(16-22)28-20/h7-14,20-22,28,32H,4-6,15-16H2,1-3H3/t20-,21+,22+. The zero-order valence-electron chi connectivity index (χ0n) is 19.6. The maximum absolute atomic E-state index is 10.7. The number of methoxy groups -OCH3 is 1. The van der Waals surface area contributed by atoms with Gasteiger partial charge >= 0.3 is 0 Å². The third-order valence-electron chi connectivity index (χ3n) is 7.26. The number of anilines is 1. The van der Waals surface area contributed by atoms with Crippen LogP contribution in [0.4, 0.5) is 5.82 Å². The number of rotatable bonds is 5. The molecule has 0 spiro atoms. The Hall–Kier alpha value is -3.12. The lowest BCUT2D eigenvalue weighted by Crippen LogP contribution is -2.54. The summed E-state index contributed by atoms with van der Waals surface area (Å²) < 4.78 is 5.44. The summed E-state index contributed by atoms with van der Waals surface area (Å²) in [5.41, 5.74) is 4.34. The summed E-state index contributed by atoms with van der Waals surface area (Å²) in [5.74, 6) is 1.90. The number of hydrogen-bond donors (Lipinski definition) is 2. The molecule has 6 heteroatoms. The average molecular weight is 445 g/mol. The Labute approximate surface area is 195 Å². The van der Waals surface area contributed by atoms with Crippen molar-refractivity contribution in [3.05, 3.63) is 54.1 Å². The highest BCUT2D eigenvalue weighted by Crippen LogP contribution is 2.35. The average Bonchev–Trinajstić information content (AvgIpc) is 2.84. The SMILES string of the molecule is COc1cc(-c2ccc(-c3ccc(N(C)[C@H]4C[C@H]5CCC[C@@H](C4)N5)nn3)c(O)c2)ccc1C. The quantitative estimate of drug-likeness (QED) is 0.581. The molecule has 3 aromatic rings. The van der Waals surface area contributed by atoms with Gasteiger partial charge in [-0.3, -0.25) is 0 Å². The Morgan fingerprint density at radius 1 is 0.970 bits per heavy atom. The van der Waals surface area contributed by atoms with E-state index >= 15 is 0 Å². The monoisotopic (exact) mass is 444 g/mol. The molecule has 2 saturated heterocycles. The van der Waals surface area contributed by atoms with Gasteiger partial charge in [-0.05, 0) is 79.6 Å². The van der Waals surface area contributed by atoms with Crippen LogP contribution in [0.1, 0.15) is 37.7 Å². The molecule has 2 aliphatic heterocycles. The molecule has 2 bridgehead atoms. The summed E-state index contributed by atoms with van der Waals surface area (Å²) in [6.07, 6.45) is 6.20. The maximum Gasteiger partial charge on any atom is 0.151 e. The van der Waals surface area contributed by atoms with Gasteiger partial charge in [0.25, 0.3) is 0 Å². The van der Waals surface area contributed by atoms with Gasteiger partial charge in [0.05, 0.1) is 12.8 Å². The summed E-state index contributed by atoms with van der Waals surface area (Å²) in [5, 5.41) is 23.5. The highest BCUT2D eigenvalue weighted by atomic mass is 16.5. The van der Waals surface area contributed by atoms with Gasteiger partial charge in [-0.1, -0.05) is 24.6 Å². The number of nitrogens with one attached hydrogen (secondary N) is 1. The van der Waals surface area contributed by atoms with Crippen LogP contribution < -0.4 is 15.0 Å². The van der Waals surface area contributed by atoms with Crippen molar-refractivity contribution in [3.63, 3.8) is 0 Å². The molecular weight excluding hydrogens is 412 g/mol. The summed E-state index contributed by atoms with van der Waals surface area (Å²) in [4.78, 5) is 2.27. The Morgan fingerprint density at radius 2 is 1.70 bits per heavy atom. The second-order valence-corrected chi connectivity index (χ2v) is 9.42. The topological polar surface area (TPSA) is 70.5 Å². The number of aromatic hydroxyl groups is 1. The molecule has 172 valence electrons. The fraction of sp³-hybridized carbons (Fsp3) is 0.407. The van der Waals surface area contributed by atoms with Crippen molar-refractivity contribution in [2.24, 2.45) is 0 Å². The van der Waals surface area contributed by atoms with Gasteiger partial charge in [-0.15, -0.1) is 10.2 Å². The maximum atomic E-state index is 10.7. The molecule has 3 atom stereocenters. The lowest BCUT2D eigenvalue weighted by Gasteiger charge is -2.43. The van der Waals surface area contributed by atoms with E-state index in [-0.39, 0.29) is 5.75 Å². The molecule has 0 unspecified atom stereocenters. The first-order chi connectivity index (χ1) is 16.0. The fourth-order valence-electron chi connectivity index (χ4n) is 5.32. The van der Waals surface area contributed by atoms with Crippen LogP contribution in [0, 0.1) is 6.92 Å². The normalized spacial score (nSPS) is 22.1. The zero-order valence-corrected chi connectivity index (χ0v) is 19.6. The number of ether oxygens (including phenoxy) is 1. The highest BCUT2D eigenvalue weighted by Gasteiger charge is 2.33. The van der Waals surface area contributed by atoms with Crippen molar-refractivity contribution in [2.75, 3.05) is 19.1 Å². The van der Waals surface area contributed by atoms with Gasteiger partial charge in [0.1, 0.15) is 11.5 Å². The minimum absolute atomic E-state index is 0.189. The molecule has 3 heterocycles. The Morgan fingerprint density at radius 3 is 2.36 bits per heavy atom. The van der Waals surface area contributed by atoms with E-state index in [2.05, 4.69) is 27.5 Å². The van der Waals surface area contributed by atoms with Gasteiger partial charge in [-0.2, -0.15) is 0 Å². The van der Waals surface area contributed by atoms with Gasteiger partial charge in [0.15, 0.2) is 5.82 Å². The van der Waals surface area contributed by atoms with Crippen molar-refractivity contribution < 1.29 is 9.84 Å². The van der Waals surface area contributed by atoms with Gasteiger partial charge in [-0.25, -0.2) is 0 Å². The summed E-state index contributed by atoms with van der Waals surface area (Å²) in [6, 6.07) is 17.4. The first-order valence-corrected chi connectivity index (χ1v) is 11.8. The van der Waals surface area contributed by atoms with Crippen molar-refractivity contribution in [3.8, 4) is 33.9 Å². The summed E-state index contributed by atoms with van der Waals surface area (Å²) in [6.45, 7) is 2.01. The van der Waals surface area contributed by atoms with Crippen LogP contribution in [0.2, 0.25) is 0 Å². The summed E-state index contributed by atoms with van der Waals surface area (Å²) in [7, 11) is 3.79. The van der Waals surface area contributed by atoms with Crippen LogP contribution >= 0.6 is 0 Å². The minimum Gasteiger partial charge on any atom is -0.507 e. The number of aromatic nitrogens is 2. The molecule has 0 aliphatic carbocycles. The first kappa shape index (κ1) is 21.7. The Balaban J connectivity index is 1.34. The Bertz CT molecular complexity index is 1120. The van der Waals surface area contributed by atoms with E-state index in [1.165, 1.54) is 19.3 Å². The molecule has 33 heavy (non-hydrogen) atoms. The molecule has 2 fully saturated rings. The molecule has 0 saturated carbocycles. The number of nitrogens with zero attached hydrogens (tertiary/aromatic N) is 3. The molecule has 5 rings (SSSR count). The number of phenolic OH excluding ortho intramolecular Hbond substituents is 1. The van der Waals surface area contributed by atoms with E-state index < -0.39 is 0 Å². The van der Waals surface area contributed by atoms with Crippen LogP contribution in [0.3, 0.4) is 0 Å². The predicted molar refractivity (Wildman–Crippen MR) is 132 cm³/mol. The highest BCUT2D eigenvalue weighted by molar-refractivity contribution is 5.75. The van der Waals surface area contributed by atoms with E-state index in [0.717, 1.165) is 41.1 Å². The predicted octanol–water partition coefficient (Wildman–Crippen LogP) is 4.94. The lowest BCUT2D eigenvalue weighted by molar-refractivity contribution is 0.219. The van der Waals surface area contributed by atoms with Gasteiger partial charge in [0, 0.05) is 30.7 Å². The van der Waals surface area contributed by atoms with Gasteiger partial charge < -0.3 is 20.1 Å². The number of fused-ring (bicyclic) bond motifs is 2. The third kappa shape index (κ3) is 4.40. The fourth-order valence-corrected chi connectivity index (χ4v) is 5.32. The van der Waals surface area contributed by atoms with Crippen LogP contribution in [-0.2, 0) is 0 Å². The second-order valence-electron chi connectivity index (χ2n) is 9.42. The first-order valence-electron chi connectivity index (χ1n) is 11.8. The number of hydrogen-bond acceptors (Lipinski definition) is 6. The molecule has 2 N–H and O–H groups in total. The van der Waals surface area contributed by atoms with E-state index in [1.54, 1.807) is 13.2 Å². The number of benzene rings is 2. The van der Waals surface area contributed by atoms with Crippen LogP contribution in [0.25, 0.3) is 22.4 Å². The van der Waals surface area contributed by atoms with Crippen molar-refractivity contribution in [1.82, 2.24) is 15.5 Å². The molecule has 0 radical (unpaired) electrons. The van der Waals surface area contributed by atoms with Crippen LogP contribution in [-0.4, -0.2) is 47.6 Å². The van der Waals surface area contributed by atoms with Crippen molar-refractivity contribution in [2.45, 2.75) is 57.2 Å². The molecule has 0 amide bonds. The molecule has 1 aromatic heterocycles. The van der Waals surface area contributed by atoms with E-state index in [4.69, 9.17) is 4.74 Å². The van der Waals surface area contributed by atoms with Crippen molar-refractivity contribution in [1.29, 1.82) is 0 Å². The van der Waals surface area contributed by atoms with Crippen LogP contribution in [0.5, 0.6) is 11.5 Å². The molecule has 2 aromatic carbocycles. The lowest BCUT2D eigenvalue weighted by atomic mass is 9.83. The zero-order chi connectivity index (χ0) is 22.9. The molecule has 6 nitrogen and oxygen atoms in total. The van der Waals surface area contributed by atoms with E-state index in [1.807, 2.05) is 49.4 Å². The minimum atomic E-state index is 0.189. The largest absolute Gasteiger partial charge is 0.507 e. The number of aryl methyl sites for hydroxylation is 1. The van der Waals surface area contributed by atoms with Gasteiger partial charge in [0.2, 0.25) is 0 Å². The smallest absolute Gasteiger partial charge is 0.151 e. The van der Waals surface area contributed by atoms with E-state index in [9.17, 15) is 5.11 Å². The second kappa shape index (κ2) is 9.02. The van der Waals surface area contributed by atoms with Crippen molar-refractivity contribution >= 4 is 5.82 Å².